The number of pyridine rings is 1. The van der Waals surface area contributed by atoms with Gasteiger partial charge in [-0.1, -0.05) is 0 Å². The van der Waals surface area contributed by atoms with E-state index in [2.05, 4.69) is 15.0 Å². The smallest absolute Gasteiger partial charge is 0.383 e. The van der Waals surface area contributed by atoms with Crippen LogP contribution in [0, 0.1) is 11.8 Å². The number of piperidine rings is 1. The monoisotopic (exact) mass is 407 g/mol. The van der Waals surface area contributed by atoms with E-state index < -0.39 is 17.6 Å². The Kier molecular flexibility index (Phi) is 4.19. The summed E-state index contributed by atoms with van der Waals surface area (Å²) in [6.07, 6.45) is -1.80. The predicted octanol–water partition coefficient (Wildman–Crippen LogP) is 3.52. The number of nitrogens with two attached hydrogens (primary N) is 1. The van der Waals surface area contributed by atoms with Crippen LogP contribution in [-0.4, -0.2) is 45.6 Å². The van der Waals surface area contributed by atoms with Gasteiger partial charge >= 0.3 is 6.18 Å². The van der Waals surface area contributed by atoms with Crippen LogP contribution < -0.4 is 5.73 Å². The van der Waals surface area contributed by atoms with Gasteiger partial charge in [0.2, 0.25) is 0 Å². The van der Waals surface area contributed by atoms with Crippen molar-refractivity contribution in [2.24, 2.45) is 11.8 Å². The van der Waals surface area contributed by atoms with Crippen LogP contribution >= 0.6 is 0 Å². The predicted molar refractivity (Wildman–Crippen MR) is 101 cm³/mol. The van der Waals surface area contributed by atoms with Gasteiger partial charge in [0.05, 0.1) is 17.9 Å². The second kappa shape index (κ2) is 6.43. The van der Waals surface area contributed by atoms with Crippen molar-refractivity contribution in [2.75, 3.05) is 25.4 Å². The molecule has 2 saturated heterocycles. The van der Waals surface area contributed by atoms with Crippen molar-refractivity contribution in [3.63, 3.8) is 0 Å². The van der Waals surface area contributed by atoms with Crippen LogP contribution in [0.2, 0.25) is 0 Å². The average Bonchev–Trinajstić information content (AvgIpc) is 2.96. The lowest BCUT2D eigenvalue weighted by Gasteiger charge is -2.36. The fourth-order valence-corrected chi connectivity index (χ4v) is 4.80. The molecule has 29 heavy (non-hydrogen) atoms. The molecule has 1 unspecified atom stereocenters. The summed E-state index contributed by atoms with van der Waals surface area (Å²) in [7, 11) is 0. The molecule has 3 aliphatic rings. The number of ether oxygens (including phenoxy) is 1. The zero-order valence-corrected chi connectivity index (χ0v) is 16.4. The van der Waals surface area contributed by atoms with Gasteiger partial charge < -0.3 is 10.5 Å². The summed E-state index contributed by atoms with van der Waals surface area (Å²) in [6.45, 7) is 6.95. The molecule has 5 rings (SSSR count). The minimum absolute atomic E-state index is 0.120. The second-order valence-electron chi connectivity index (χ2n) is 8.57. The molecule has 4 heterocycles. The van der Waals surface area contributed by atoms with E-state index in [9.17, 15) is 13.2 Å². The number of hydrogen-bond donors (Lipinski definition) is 1. The third-order valence-corrected chi connectivity index (χ3v) is 6.42. The zero-order chi connectivity index (χ0) is 20.5. The molecule has 0 spiro atoms. The van der Waals surface area contributed by atoms with Gasteiger partial charge in [-0.15, -0.1) is 0 Å². The third-order valence-electron chi connectivity index (χ3n) is 6.42. The highest BCUT2D eigenvalue weighted by Crippen LogP contribution is 2.59. The molecule has 6 nitrogen and oxygen atoms in total. The fraction of sp³-hybridized carbons (Fsp3) is 0.600. The average molecular weight is 407 g/mol. The molecule has 2 aromatic heterocycles. The van der Waals surface area contributed by atoms with Crippen LogP contribution in [0.15, 0.2) is 18.3 Å². The van der Waals surface area contributed by atoms with Crippen LogP contribution in [0.1, 0.15) is 43.5 Å². The second-order valence-corrected chi connectivity index (χ2v) is 8.57. The van der Waals surface area contributed by atoms with E-state index in [0.717, 1.165) is 37.9 Å². The largest absolute Gasteiger partial charge is 0.419 e. The van der Waals surface area contributed by atoms with E-state index in [1.54, 1.807) is 0 Å². The quantitative estimate of drug-likeness (QED) is 0.840. The molecule has 0 aromatic carbocycles. The molecule has 1 saturated carbocycles. The molecule has 1 aliphatic carbocycles. The lowest BCUT2D eigenvalue weighted by molar-refractivity contribution is -0.140. The number of hydrogen-bond acceptors (Lipinski definition) is 5. The first-order chi connectivity index (χ1) is 13.7. The first-order valence-corrected chi connectivity index (χ1v) is 10.0. The summed E-state index contributed by atoms with van der Waals surface area (Å²) in [5.74, 6) is 1.02. The Bertz CT molecular complexity index is 925. The lowest BCUT2D eigenvalue weighted by Crippen LogP contribution is -2.44. The lowest BCUT2D eigenvalue weighted by atomic mass is 10.1. The van der Waals surface area contributed by atoms with Gasteiger partial charge in [0.1, 0.15) is 12.0 Å². The summed E-state index contributed by atoms with van der Waals surface area (Å²) >= 11 is 0. The number of likely N-dealkylation sites (tertiary alicyclic amines) is 1. The first-order valence-electron chi connectivity index (χ1n) is 10.0. The topological polar surface area (TPSA) is 69.2 Å². The van der Waals surface area contributed by atoms with Gasteiger partial charge in [-0.2, -0.15) is 18.3 Å². The standard InChI is InChI=1S/C20H24F3N5O/c1-10(2)28-16(18-12-8-27(9-13(12)18)17-3-4-29-17)6-15(26-28)11-5-14(20(21,22)23)19(24)25-7-11/h5-7,10,12-13,17-18H,3-4,8-9H2,1-2H3,(H2,24,25)/t12-,13+,17?,18+. The Hall–Kier alpha value is -2.13. The highest BCUT2D eigenvalue weighted by atomic mass is 19.4. The van der Waals surface area contributed by atoms with Crippen LogP contribution in [0.5, 0.6) is 0 Å². The summed E-state index contributed by atoms with van der Waals surface area (Å²) in [5, 5.41) is 4.63. The van der Waals surface area contributed by atoms with E-state index in [-0.39, 0.29) is 12.3 Å². The molecular weight excluding hydrogens is 383 g/mol. The van der Waals surface area contributed by atoms with Crippen LogP contribution in [-0.2, 0) is 10.9 Å². The highest BCUT2D eigenvalue weighted by molar-refractivity contribution is 5.63. The Morgan fingerprint density at radius 3 is 2.45 bits per heavy atom. The van der Waals surface area contributed by atoms with Gasteiger partial charge in [-0.3, -0.25) is 9.58 Å². The van der Waals surface area contributed by atoms with Crippen molar-refractivity contribution in [1.29, 1.82) is 0 Å². The number of fused-ring (bicyclic) bond motifs is 1. The molecule has 156 valence electrons. The van der Waals surface area contributed by atoms with Gasteiger partial charge in [0, 0.05) is 48.9 Å². The minimum atomic E-state index is -4.54. The van der Waals surface area contributed by atoms with Crippen molar-refractivity contribution in [3.8, 4) is 11.3 Å². The SMILES string of the molecule is CC(C)n1nc(-c2cnc(N)c(C(F)(F)F)c2)cc1[C@H]1[C@@H]2CN(C3CCO3)C[C@@H]21. The van der Waals surface area contributed by atoms with Gasteiger partial charge in [0.15, 0.2) is 0 Å². The van der Waals surface area contributed by atoms with E-state index in [1.807, 2.05) is 24.6 Å². The highest BCUT2D eigenvalue weighted by Gasteiger charge is 2.59. The summed E-state index contributed by atoms with van der Waals surface area (Å²) in [4.78, 5) is 6.17. The van der Waals surface area contributed by atoms with E-state index >= 15 is 0 Å². The van der Waals surface area contributed by atoms with Crippen molar-refractivity contribution in [1.82, 2.24) is 19.7 Å². The van der Waals surface area contributed by atoms with Gasteiger partial charge in [-0.05, 0) is 37.8 Å². The van der Waals surface area contributed by atoms with E-state index in [1.165, 1.54) is 6.20 Å². The van der Waals surface area contributed by atoms with Crippen LogP contribution in [0.25, 0.3) is 11.3 Å². The summed E-state index contributed by atoms with van der Waals surface area (Å²) in [5.41, 5.74) is 6.47. The maximum atomic E-state index is 13.2. The Balaban J connectivity index is 1.43. The molecule has 9 heteroatoms. The molecule has 0 amide bonds. The number of halogens is 3. The van der Waals surface area contributed by atoms with E-state index in [0.29, 0.717) is 29.0 Å². The zero-order valence-electron chi connectivity index (χ0n) is 16.4. The molecule has 2 aromatic rings. The number of alkyl halides is 3. The van der Waals surface area contributed by atoms with Crippen molar-refractivity contribution in [3.05, 3.63) is 29.6 Å². The van der Waals surface area contributed by atoms with Crippen molar-refractivity contribution in [2.45, 2.75) is 44.6 Å². The number of aromatic nitrogens is 3. The van der Waals surface area contributed by atoms with Crippen LogP contribution in [0.4, 0.5) is 19.0 Å². The molecular formula is C20H24F3N5O. The maximum Gasteiger partial charge on any atom is 0.419 e. The number of anilines is 1. The molecule has 2 aliphatic heterocycles. The molecule has 0 radical (unpaired) electrons. The first kappa shape index (κ1) is 18.9. The molecule has 0 bridgehead atoms. The van der Waals surface area contributed by atoms with Gasteiger partial charge in [0.25, 0.3) is 0 Å². The van der Waals surface area contributed by atoms with Crippen molar-refractivity contribution >= 4 is 5.82 Å². The normalized spacial score (nSPS) is 29.2. The molecule has 2 N–H and O–H groups in total. The molecule has 3 fully saturated rings. The Labute approximate surface area is 166 Å². The Morgan fingerprint density at radius 1 is 1.21 bits per heavy atom. The third kappa shape index (κ3) is 3.11. The molecule has 4 atom stereocenters. The van der Waals surface area contributed by atoms with Crippen LogP contribution in [0.3, 0.4) is 0 Å². The number of nitrogens with zero attached hydrogens (tertiary/aromatic N) is 4. The Morgan fingerprint density at radius 2 is 1.90 bits per heavy atom. The summed E-state index contributed by atoms with van der Waals surface area (Å²) in [6, 6.07) is 3.10. The van der Waals surface area contributed by atoms with Crippen molar-refractivity contribution < 1.29 is 17.9 Å². The van der Waals surface area contributed by atoms with E-state index in [4.69, 9.17) is 10.5 Å². The number of rotatable bonds is 4. The maximum absolute atomic E-state index is 13.2. The number of nitrogen functional groups attached to an aromatic ring is 1. The van der Waals surface area contributed by atoms with Gasteiger partial charge in [-0.25, -0.2) is 4.98 Å². The summed E-state index contributed by atoms with van der Waals surface area (Å²) < 4.78 is 47.2. The fourth-order valence-electron chi connectivity index (χ4n) is 4.80. The minimum Gasteiger partial charge on any atom is -0.383 e.